The Labute approximate surface area is 69.4 Å². The Morgan fingerprint density at radius 3 is 2.75 bits per heavy atom. The summed E-state index contributed by atoms with van der Waals surface area (Å²) in [5.41, 5.74) is 1.23. The second kappa shape index (κ2) is 2.44. The quantitative estimate of drug-likeness (QED) is 0.574. The summed E-state index contributed by atoms with van der Waals surface area (Å²) < 4.78 is 0. The Morgan fingerprint density at radius 2 is 1.92 bits per heavy atom. The van der Waals surface area contributed by atoms with E-state index >= 15 is 0 Å². The molecule has 1 heterocycles. The number of hydrogen-bond acceptors (Lipinski definition) is 3. The Balaban J connectivity index is 2.56. The lowest BCUT2D eigenvalue weighted by Gasteiger charge is -2.14. The fraction of sp³-hybridized carbons (Fsp3) is 0.111. The molecule has 0 bridgehead atoms. The van der Waals surface area contributed by atoms with E-state index in [0.29, 0.717) is 5.56 Å². The molecule has 0 aromatic heterocycles. The number of para-hydroxylation sites is 1. The van der Waals surface area contributed by atoms with Gasteiger partial charge < -0.3 is 5.32 Å². The monoisotopic (exact) mass is 161 g/mol. The van der Waals surface area contributed by atoms with Crippen LogP contribution in [0.1, 0.15) is 10.4 Å². The van der Waals surface area contributed by atoms with Gasteiger partial charge in [0.15, 0.2) is 0 Å². The number of carbonyl (C=O) groups excluding carboxylic acids is 2. The molecule has 1 N–H and O–H groups in total. The molecule has 1 aromatic rings. The van der Waals surface area contributed by atoms with Crippen LogP contribution in [0.4, 0.5) is 5.69 Å². The molecule has 0 unspecified atom stereocenters. The minimum atomic E-state index is -0.385. The summed E-state index contributed by atoms with van der Waals surface area (Å²) in [6.45, 7) is 0.121. The zero-order chi connectivity index (χ0) is 8.55. The average molecular weight is 161 g/mol. The summed E-state index contributed by atoms with van der Waals surface area (Å²) >= 11 is 0. The van der Waals surface area contributed by atoms with Crippen LogP contribution in [0.15, 0.2) is 24.3 Å². The van der Waals surface area contributed by atoms with E-state index in [0.717, 1.165) is 5.69 Å². The Hall–Kier alpha value is -1.64. The van der Waals surface area contributed by atoms with E-state index in [1.807, 2.05) is 6.07 Å². The fourth-order valence-electron chi connectivity index (χ4n) is 1.24. The van der Waals surface area contributed by atoms with Crippen LogP contribution in [0.2, 0.25) is 0 Å². The number of nitrogens with one attached hydrogen (secondary N) is 1. The third kappa shape index (κ3) is 0.906. The molecule has 1 aromatic carbocycles. The molecule has 3 heteroatoms. The van der Waals surface area contributed by atoms with Gasteiger partial charge in [-0.3, -0.25) is 9.59 Å². The molecule has 0 saturated heterocycles. The van der Waals surface area contributed by atoms with Crippen LogP contribution in [0.3, 0.4) is 0 Å². The van der Waals surface area contributed by atoms with Crippen LogP contribution in [0, 0.1) is 0 Å². The van der Waals surface area contributed by atoms with Gasteiger partial charge in [0.25, 0.3) is 0 Å². The molecule has 1 aliphatic rings. The highest BCUT2D eigenvalue weighted by Crippen LogP contribution is 2.18. The van der Waals surface area contributed by atoms with Crippen molar-refractivity contribution in [2.75, 3.05) is 11.9 Å². The summed E-state index contributed by atoms with van der Waals surface area (Å²) in [5, 5.41) is 2.87. The molecule has 1 aliphatic heterocycles. The van der Waals surface area contributed by atoms with Crippen LogP contribution >= 0.6 is 0 Å². The van der Waals surface area contributed by atoms with Crippen molar-refractivity contribution >= 4 is 17.3 Å². The minimum Gasteiger partial charge on any atom is -0.377 e. The molecule has 12 heavy (non-hydrogen) atoms. The first-order chi connectivity index (χ1) is 5.79. The predicted molar refractivity (Wildman–Crippen MR) is 44.3 cm³/mol. The standard InChI is InChI=1S/C9H7NO2/c11-8-5-10-7-4-2-1-3-6(7)9(8)12/h1-4,10H,5H2. The highest BCUT2D eigenvalue weighted by atomic mass is 16.2. The van der Waals surface area contributed by atoms with Crippen LogP contribution in [0.5, 0.6) is 0 Å². The number of benzene rings is 1. The summed E-state index contributed by atoms with van der Waals surface area (Å²) in [6, 6.07) is 7.02. The highest BCUT2D eigenvalue weighted by Gasteiger charge is 2.23. The van der Waals surface area contributed by atoms with Crippen LogP contribution < -0.4 is 5.32 Å². The number of fused-ring (bicyclic) bond motifs is 1. The van der Waals surface area contributed by atoms with Crippen molar-refractivity contribution in [2.24, 2.45) is 0 Å². The number of ketones is 2. The van der Waals surface area contributed by atoms with Gasteiger partial charge in [0.1, 0.15) is 0 Å². The van der Waals surface area contributed by atoms with Gasteiger partial charge in [0, 0.05) is 11.3 Å². The zero-order valence-electron chi connectivity index (χ0n) is 6.33. The van der Waals surface area contributed by atoms with E-state index in [-0.39, 0.29) is 18.1 Å². The van der Waals surface area contributed by atoms with Crippen LogP contribution in [0.25, 0.3) is 0 Å². The molecule has 0 fully saturated rings. The summed E-state index contributed by atoms with van der Waals surface area (Å²) in [5.74, 6) is -0.752. The van der Waals surface area contributed by atoms with Gasteiger partial charge in [0.05, 0.1) is 6.54 Å². The number of hydrogen-bond donors (Lipinski definition) is 1. The van der Waals surface area contributed by atoms with Gasteiger partial charge in [0.2, 0.25) is 11.6 Å². The second-order valence-electron chi connectivity index (χ2n) is 2.65. The molecule has 2 rings (SSSR count). The van der Waals surface area contributed by atoms with E-state index in [4.69, 9.17) is 0 Å². The molecule has 0 spiro atoms. The lowest BCUT2D eigenvalue weighted by molar-refractivity contribution is -0.113. The van der Waals surface area contributed by atoms with Gasteiger partial charge in [-0.1, -0.05) is 12.1 Å². The van der Waals surface area contributed by atoms with Crippen molar-refractivity contribution in [2.45, 2.75) is 0 Å². The maximum absolute atomic E-state index is 11.2. The topological polar surface area (TPSA) is 46.2 Å². The third-order valence-electron chi connectivity index (χ3n) is 1.86. The molecule has 0 amide bonds. The van der Waals surface area contributed by atoms with Gasteiger partial charge in [-0.05, 0) is 12.1 Å². The van der Waals surface area contributed by atoms with Crippen molar-refractivity contribution in [1.29, 1.82) is 0 Å². The van der Waals surface area contributed by atoms with Gasteiger partial charge >= 0.3 is 0 Å². The third-order valence-corrected chi connectivity index (χ3v) is 1.86. The molecule has 3 nitrogen and oxygen atoms in total. The lowest BCUT2D eigenvalue weighted by atomic mass is 10.0. The smallest absolute Gasteiger partial charge is 0.232 e. The highest BCUT2D eigenvalue weighted by molar-refractivity contribution is 6.47. The van der Waals surface area contributed by atoms with E-state index in [1.165, 1.54) is 0 Å². The number of anilines is 1. The first kappa shape index (κ1) is 7.03. The predicted octanol–water partition coefficient (Wildman–Crippen LogP) is 0.864. The zero-order valence-corrected chi connectivity index (χ0v) is 6.33. The molecule has 0 atom stereocenters. The first-order valence-corrected chi connectivity index (χ1v) is 3.69. The SMILES string of the molecule is O=C1CNc2ccccc2C1=O. The fourth-order valence-corrected chi connectivity index (χ4v) is 1.24. The first-order valence-electron chi connectivity index (χ1n) is 3.69. The Kier molecular flexibility index (Phi) is 1.43. The average Bonchev–Trinajstić information content (AvgIpc) is 2.12. The largest absolute Gasteiger partial charge is 0.377 e. The van der Waals surface area contributed by atoms with E-state index in [9.17, 15) is 9.59 Å². The maximum atomic E-state index is 11.2. The van der Waals surface area contributed by atoms with Crippen LogP contribution in [-0.2, 0) is 4.79 Å². The molecular weight excluding hydrogens is 154 g/mol. The second-order valence-corrected chi connectivity index (χ2v) is 2.65. The minimum absolute atomic E-state index is 0.121. The molecule has 60 valence electrons. The number of rotatable bonds is 0. The van der Waals surface area contributed by atoms with E-state index in [1.54, 1.807) is 18.2 Å². The molecule has 0 radical (unpaired) electrons. The van der Waals surface area contributed by atoms with Crippen molar-refractivity contribution < 1.29 is 9.59 Å². The lowest BCUT2D eigenvalue weighted by Crippen LogP contribution is -2.29. The van der Waals surface area contributed by atoms with Crippen molar-refractivity contribution in [3.05, 3.63) is 29.8 Å². The Bertz CT molecular complexity index is 357. The van der Waals surface area contributed by atoms with Crippen molar-refractivity contribution in [3.8, 4) is 0 Å². The summed E-state index contributed by atoms with van der Waals surface area (Å²) in [7, 11) is 0. The molecule has 0 aliphatic carbocycles. The van der Waals surface area contributed by atoms with E-state index in [2.05, 4.69) is 5.32 Å². The maximum Gasteiger partial charge on any atom is 0.232 e. The molecular formula is C9H7NO2. The van der Waals surface area contributed by atoms with Gasteiger partial charge in [-0.2, -0.15) is 0 Å². The Morgan fingerprint density at radius 1 is 1.17 bits per heavy atom. The summed E-state index contributed by atoms with van der Waals surface area (Å²) in [6.07, 6.45) is 0. The van der Waals surface area contributed by atoms with Crippen molar-refractivity contribution in [3.63, 3.8) is 0 Å². The number of carbonyl (C=O) groups is 2. The van der Waals surface area contributed by atoms with Gasteiger partial charge in [-0.25, -0.2) is 0 Å². The number of Topliss-reactive ketones (excluding diaryl/α,β-unsaturated/α-hetero) is 2. The molecule has 0 saturated carbocycles. The van der Waals surface area contributed by atoms with Crippen molar-refractivity contribution in [1.82, 2.24) is 0 Å². The van der Waals surface area contributed by atoms with E-state index < -0.39 is 0 Å². The summed E-state index contributed by atoms with van der Waals surface area (Å²) in [4.78, 5) is 22.2. The normalized spacial score (nSPS) is 15.3. The van der Waals surface area contributed by atoms with Gasteiger partial charge in [-0.15, -0.1) is 0 Å². The van der Waals surface area contributed by atoms with Crippen LogP contribution in [-0.4, -0.2) is 18.1 Å².